The first-order valence-corrected chi connectivity index (χ1v) is 10.4. The molecular weight excluding hydrogens is 398 g/mol. The monoisotopic (exact) mass is 419 g/mol. The van der Waals surface area contributed by atoms with E-state index in [1.807, 2.05) is 24.3 Å². The predicted molar refractivity (Wildman–Crippen MR) is 109 cm³/mol. The van der Waals surface area contributed by atoms with Crippen LogP contribution in [0.4, 0.5) is 5.69 Å². The SMILES string of the molecule is O=C(Nc1ccc2c(c1)OCCO2)[C@H]1[C@H]2C=C[C@]3(CN(Cc4ccncc4)C(=O)[C@@H]13)O2. The Labute approximate surface area is 178 Å². The van der Waals surface area contributed by atoms with Crippen molar-refractivity contribution in [2.45, 2.75) is 18.2 Å². The minimum atomic E-state index is -0.733. The first-order valence-electron chi connectivity index (χ1n) is 10.4. The van der Waals surface area contributed by atoms with Gasteiger partial charge in [0.2, 0.25) is 11.8 Å². The number of pyridine rings is 1. The van der Waals surface area contributed by atoms with Crippen LogP contribution in [-0.4, -0.2) is 53.2 Å². The molecule has 6 rings (SSSR count). The number of anilines is 1. The van der Waals surface area contributed by atoms with Crippen LogP contribution >= 0.6 is 0 Å². The highest BCUT2D eigenvalue weighted by molar-refractivity contribution is 5.99. The molecule has 2 aromatic rings. The van der Waals surface area contributed by atoms with E-state index in [4.69, 9.17) is 14.2 Å². The number of rotatable bonds is 4. The zero-order valence-corrected chi connectivity index (χ0v) is 16.7. The molecule has 2 amide bonds. The summed E-state index contributed by atoms with van der Waals surface area (Å²) in [5, 5.41) is 2.95. The summed E-state index contributed by atoms with van der Waals surface area (Å²) in [5.41, 5.74) is 0.869. The third kappa shape index (κ3) is 2.90. The second kappa shape index (κ2) is 6.81. The molecule has 4 aliphatic rings. The third-order valence-corrected chi connectivity index (χ3v) is 6.41. The van der Waals surface area contributed by atoms with Crippen LogP contribution in [-0.2, 0) is 20.9 Å². The van der Waals surface area contributed by atoms with Gasteiger partial charge in [0.1, 0.15) is 18.8 Å². The second-order valence-corrected chi connectivity index (χ2v) is 8.30. The standard InChI is InChI=1S/C23H21N3O5/c27-21(25-15-1-2-16-18(11-15)30-10-9-29-16)19-17-3-6-23(31-17)13-26(22(28)20(19)23)12-14-4-7-24-8-5-14/h1-8,11,17,19-20H,9-10,12-13H2,(H,25,27)/t17-,19+,20-,23-/m1/s1. The van der Waals surface area contributed by atoms with E-state index in [-0.39, 0.29) is 11.8 Å². The summed E-state index contributed by atoms with van der Waals surface area (Å²) in [5.74, 6) is -0.116. The number of benzene rings is 1. The number of aromatic nitrogens is 1. The molecule has 5 heterocycles. The van der Waals surface area contributed by atoms with Gasteiger partial charge in [0.15, 0.2) is 11.5 Å². The number of carbonyl (C=O) groups excluding carboxylic acids is 2. The van der Waals surface area contributed by atoms with Gasteiger partial charge in [-0.3, -0.25) is 14.6 Å². The van der Waals surface area contributed by atoms with Crippen LogP contribution in [0.2, 0.25) is 0 Å². The molecule has 1 N–H and O–H groups in total. The molecule has 158 valence electrons. The normalized spacial score (nSPS) is 29.9. The Hall–Kier alpha value is -3.39. The van der Waals surface area contributed by atoms with Gasteiger partial charge in [0, 0.05) is 30.7 Å². The van der Waals surface area contributed by atoms with Gasteiger partial charge >= 0.3 is 0 Å². The first kappa shape index (κ1) is 18.4. The third-order valence-electron chi connectivity index (χ3n) is 6.41. The van der Waals surface area contributed by atoms with Gasteiger partial charge in [-0.2, -0.15) is 0 Å². The lowest BCUT2D eigenvalue weighted by Gasteiger charge is -2.24. The Bertz CT molecular complexity index is 1090. The van der Waals surface area contributed by atoms with E-state index in [2.05, 4.69) is 10.3 Å². The van der Waals surface area contributed by atoms with Crippen LogP contribution in [0.3, 0.4) is 0 Å². The lowest BCUT2D eigenvalue weighted by Crippen LogP contribution is -2.41. The Kier molecular flexibility index (Phi) is 4.04. The van der Waals surface area contributed by atoms with Crippen LogP contribution in [0.15, 0.2) is 54.9 Å². The van der Waals surface area contributed by atoms with Gasteiger partial charge in [-0.15, -0.1) is 0 Å². The Morgan fingerprint density at radius 1 is 1.16 bits per heavy atom. The minimum absolute atomic E-state index is 0.0500. The van der Waals surface area contributed by atoms with E-state index in [0.29, 0.717) is 43.5 Å². The smallest absolute Gasteiger partial charge is 0.231 e. The van der Waals surface area contributed by atoms with Crippen LogP contribution < -0.4 is 14.8 Å². The van der Waals surface area contributed by atoms with Crippen LogP contribution in [0, 0.1) is 11.8 Å². The molecule has 0 aliphatic carbocycles. The fourth-order valence-electron chi connectivity index (χ4n) is 5.07. The molecule has 1 spiro atoms. The van der Waals surface area contributed by atoms with E-state index in [1.165, 1.54) is 0 Å². The van der Waals surface area contributed by atoms with E-state index < -0.39 is 23.5 Å². The van der Waals surface area contributed by atoms with Gasteiger partial charge in [-0.25, -0.2) is 0 Å². The number of hydrogen-bond acceptors (Lipinski definition) is 6. The van der Waals surface area contributed by atoms with Gasteiger partial charge in [0.25, 0.3) is 0 Å². The number of hydrogen-bond donors (Lipinski definition) is 1. The molecule has 0 unspecified atom stereocenters. The number of likely N-dealkylation sites (tertiary alicyclic amines) is 1. The number of ether oxygens (including phenoxy) is 3. The zero-order chi connectivity index (χ0) is 21.0. The van der Waals surface area contributed by atoms with Crippen molar-refractivity contribution in [3.63, 3.8) is 0 Å². The molecule has 1 aromatic heterocycles. The lowest BCUT2D eigenvalue weighted by atomic mass is 9.77. The van der Waals surface area contributed by atoms with Crippen LogP contribution in [0.5, 0.6) is 11.5 Å². The molecule has 2 bridgehead atoms. The van der Waals surface area contributed by atoms with Crippen molar-refractivity contribution in [3.05, 3.63) is 60.4 Å². The highest BCUT2D eigenvalue weighted by atomic mass is 16.6. The van der Waals surface area contributed by atoms with Crippen LogP contribution in [0.25, 0.3) is 0 Å². The summed E-state index contributed by atoms with van der Waals surface area (Å²) in [6.07, 6.45) is 6.89. The quantitative estimate of drug-likeness (QED) is 0.760. The Morgan fingerprint density at radius 2 is 1.97 bits per heavy atom. The van der Waals surface area contributed by atoms with Crippen molar-refractivity contribution in [2.24, 2.45) is 11.8 Å². The van der Waals surface area contributed by atoms with Crippen molar-refractivity contribution in [1.82, 2.24) is 9.88 Å². The zero-order valence-electron chi connectivity index (χ0n) is 16.7. The van der Waals surface area contributed by atoms with Gasteiger partial charge < -0.3 is 24.4 Å². The summed E-state index contributed by atoms with van der Waals surface area (Å²) in [6, 6.07) is 9.08. The maximum Gasteiger partial charge on any atom is 0.231 e. The number of nitrogens with one attached hydrogen (secondary N) is 1. The number of nitrogens with zero attached hydrogens (tertiary/aromatic N) is 2. The van der Waals surface area contributed by atoms with E-state index >= 15 is 0 Å². The van der Waals surface area contributed by atoms with E-state index in [0.717, 1.165) is 5.56 Å². The number of amides is 2. The molecular formula is C23H21N3O5. The molecule has 8 heteroatoms. The molecule has 2 saturated heterocycles. The second-order valence-electron chi connectivity index (χ2n) is 8.30. The molecule has 31 heavy (non-hydrogen) atoms. The molecule has 8 nitrogen and oxygen atoms in total. The maximum absolute atomic E-state index is 13.3. The molecule has 0 radical (unpaired) electrons. The number of carbonyl (C=O) groups is 2. The molecule has 4 atom stereocenters. The van der Waals surface area contributed by atoms with E-state index in [1.54, 1.807) is 35.5 Å². The molecule has 4 aliphatic heterocycles. The van der Waals surface area contributed by atoms with Gasteiger partial charge in [0.05, 0.1) is 24.5 Å². The van der Waals surface area contributed by atoms with Crippen LogP contribution in [0.1, 0.15) is 5.56 Å². The van der Waals surface area contributed by atoms with Crippen molar-refractivity contribution in [3.8, 4) is 11.5 Å². The molecule has 2 fully saturated rings. The fourth-order valence-corrected chi connectivity index (χ4v) is 5.07. The first-order chi connectivity index (χ1) is 15.1. The minimum Gasteiger partial charge on any atom is -0.486 e. The van der Waals surface area contributed by atoms with Crippen molar-refractivity contribution in [1.29, 1.82) is 0 Å². The van der Waals surface area contributed by atoms with Gasteiger partial charge in [-0.1, -0.05) is 12.2 Å². The predicted octanol–water partition coefficient (Wildman–Crippen LogP) is 1.77. The Balaban J connectivity index is 1.23. The van der Waals surface area contributed by atoms with E-state index in [9.17, 15) is 9.59 Å². The number of fused-ring (bicyclic) bond motifs is 2. The van der Waals surface area contributed by atoms with Crippen molar-refractivity contribution >= 4 is 17.5 Å². The van der Waals surface area contributed by atoms with Crippen molar-refractivity contribution < 1.29 is 23.8 Å². The Morgan fingerprint density at radius 3 is 2.81 bits per heavy atom. The highest BCUT2D eigenvalue weighted by Crippen LogP contribution is 2.52. The van der Waals surface area contributed by atoms with Gasteiger partial charge in [-0.05, 0) is 29.8 Å². The maximum atomic E-state index is 13.3. The fraction of sp³-hybridized carbons (Fsp3) is 0.348. The average Bonchev–Trinajstić information content (AvgIpc) is 3.43. The molecule has 0 saturated carbocycles. The summed E-state index contributed by atoms with van der Waals surface area (Å²) in [6.45, 7) is 1.89. The topological polar surface area (TPSA) is 90.0 Å². The summed E-state index contributed by atoms with van der Waals surface area (Å²) < 4.78 is 17.3. The average molecular weight is 419 g/mol. The largest absolute Gasteiger partial charge is 0.486 e. The molecule has 1 aromatic carbocycles. The van der Waals surface area contributed by atoms with Crippen molar-refractivity contribution in [2.75, 3.05) is 25.1 Å². The summed E-state index contributed by atoms with van der Waals surface area (Å²) >= 11 is 0. The summed E-state index contributed by atoms with van der Waals surface area (Å²) in [7, 11) is 0. The summed E-state index contributed by atoms with van der Waals surface area (Å²) in [4.78, 5) is 32.4. The highest BCUT2D eigenvalue weighted by Gasteiger charge is 2.66. The lowest BCUT2D eigenvalue weighted by molar-refractivity contribution is -0.136.